The molecule has 0 fully saturated rings. The molecule has 0 heterocycles. The van der Waals surface area contributed by atoms with Gasteiger partial charge in [-0.1, -0.05) is 3.89 Å². The average molecular weight is 295 g/mol. The number of alkyl halides is 6. The van der Waals surface area contributed by atoms with Gasteiger partial charge in [-0.2, -0.15) is 25.8 Å². The van der Waals surface area contributed by atoms with Gasteiger partial charge in [-0.3, -0.25) is 0 Å². The number of hydrogen-bond acceptors (Lipinski definition) is 6. The van der Waals surface area contributed by atoms with Gasteiger partial charge in [-0.15, -0.1) is 18.1 Å². The summed E-state index contributed by atoms with van der Waals surface area (Å²) in [5, 5.41) is 0.596. The van der Waals surface area contributed by atoms with E-state index in [0.29, 0.717) is 5.18 Å². The molecule has 1 unspecified atom stereocenters. The van der Waals surface area contributed by atoms with Crippen molar-refractivity contribution in [3.05, 3.63) is 4.91 Å². The molecule has 0 rings (SSSR count). The van der Waals surface area contributed by atoms with E-state index in [2.05, 4.69) is 0 Å². The molecule has 0 aliphatic rings. The standard InChI is InChI=1S/C3F7NO5S/c4-1(5,16-17(10,13)14)2(6,11-12)15-3(7,8)9. The Morgan fingerprint density at radius 1 is 1.00 bits per heavy atom. The van der Waals surface area contributed by atoms with Crippen LogP contribution in [0.3, 0.4) is 0 Å². The first-order chi connectivity index (χ1) is 7.22. The highest BCUT2D eigenvalue weighted by Crippen LogP contribution is 2.41. The summed E-state index contributed by atoms with van der Waals surface area (Å²) in [5.74, 6) is -5.80. The van der Waals surface area contributed by atoms with Crippen molar-refractivity contribution in [2.45, 2.75) is 18.4 Å². The zero-order valence-electron chi connectivity index (χ0n) is 7.04. The second kappa shape index (κ2) is 4.34. The van der Waals surface area contributed by atoms with Crippen LogP contribution in [0.4, 0.5) is 30.2 Å². The monoisotopic (exact) mass is 295 g/mol. The smallest absolute Gasteiger partial charge is 0.224 e. The van der Waals surface area contributed by atoms with Crippen molar-refractivity contribution in [1.29, 1.82) is 0 Å². The molecular weight excluding hydrogens is 295 g/mol. The average Bonchev–Trinajstić information content (AvgIpc) is 1.95. The number of nitrogens with zero attached hydrogens (tertiary/aromatic N) is 1. The summed E-state index contributed by atoms with van der Waals surface area (Å²) in [5.41, 5.74) is 0. The van der Waals surface area contributed by atoms with Crippen molar-refractivity contribution in [3.8, 4) is 0 Å². The van der Waals surface area contributed by atoms with Crippen LogP contribution in [-0.2, 0) is 19.4 Å². The Hall–Kier alpha value is -1.02. The molecule has 0 saturated carbocycles. The van der Waals surface area contributed by atoms with E-state index in [1.54, 1.807) is 0 Å². The maximum absolute atomic E-state index is 12.6. The van der Waals surface area contributed by atoms with E-state index in [1.165, 1.54) is 0 Å². The molecule has 1 atom stereocenters. The van der Waals surface area contributed by atoms with Gasteiger partial charge in [0.25, 0.3) is 0 Å². The second-order valence-corrected chi connectivity index (χ2v) is 3.15. The first-order valence-corrected chi connectivity index (χ1v) is 4.37. The zero-order valence-corrected chi connectivity index (χ0v) is 7.86. The highest BCUT2D eigenvalue weighted by Gasteiger charge is 2.67. The van der Waals surface area contributed by atoms with Crippen molar-refractivity contribution in [1.82, 2.24) is 0 Å². The lowest BCUT2D eigenvalue weighted by atomic mass is 10.5. The van der Waals surface area contributed by atoms with Gasteiger partial charge in [-0.25, -0.2) is 4.74 Å². The highest BCUT2D eigenvalue weighted by atomic mass is 32.3. The third-order valence-corrected chi connectivity index (χ3v) is 1.34. The number of nitroso groups, excluding NO2 is 1. The Balaban J connectivity index is 5.29. The topological polar surface area (TPSA) is 82.0 Å². The van der Waals surface area contributed by atoms with Crippen molar-refractivity contribution >= 4 is 10.5 Å². The molecule has 0 amide bonds. The van der Waals surface area contributed by atoms with Crippen molar-refractivity contribution < 1.29 is 47.6 Å². The Bertz CT molecular complexity index is 391. The fourth-order valence-corrected chi connectivity index (χ4v) is 0.814. The van der Waals surface area contributed by atoms with Crippen molar-refractivity contribution in [2.24, 2.45) is 5.18 Å². The summed E-state index contributed by atoms with van der Waals surface area (Å²) in [6, 6.07) is 0. The molecule has 0 N–H and O–H groups in total. The molecular formula is C3F7NO5S. The third-order valence-electron chi connectivity index (χ3n) is 0.932. The van der Waals surface area contributed by atoms with E-state index < -0.39 is 29.0 Å². The Morgan fingerprint density at radius 3 is 1.65 bits per heavy atom. The number of rotatable bonds is 5. The third kappa shape index (κ3) is 4.78. The maximum atomic E-state index is 12.6. The quantitative estimate of drug-likeness (QED) is 0.334. The predicted octanol–water partition coefficient (Wildman–Crippen LogP) is 1.74. The number of ether oxygens (including phenoxy) is 1. The summed E-state index contributed by atoms with van der Waals surface area (Å²) in [6.07, 6.45) is -12.3. The largest absolute Gasteiger partial charge is 0.526 e. The van der Waals surface area contributed by atoms with Crippen molar-refractivity contribution in [3.63, 3.8) is 0 Å². The Morgan fingerprint density at radius 2 is 1.41 bits per heavy atom. The van der Waals surface area contributed by atoms with E-state index >= 15 is 0 Å². The SMILES string of the molecule is O=NC(F)(OC(F)(F)F)C(F)(F)OS(=O)(=O)F. The van der Waals surface area contributed by atoms with Gasteiger partial charge in [0.15, 0.2) is 0 Å². The molecule has 17 heavy (non-hydrogen) atoms. The van der Waals surface area contributed by atoms with Crippen LogP contribution in [0, 0.1) is 4.91 Å². The fraction of sp³-hybridized carbons (Fsp3) is 1.00. The fourth-order valence-electron chi connectivity index (χ4n) is 0.461. The Labute approximate surface area is 87.7 Å². The first kappa shape index (κ1) is 16.0. The van der Waals surface area contributed by atoms with Crippen LogP contribution >= 0.6 is 0 Å². The van der Waals surface area contributed by atoms with Gasteiger partial charge < -0.3 is 0 Å². The van der Waals surface area contributed by atoms with Crippen LogP contribution in [0.5, 0.6) is 0 Å². The van der Waals surface area contributed by atoms with Crippen LogP contribution in [-0.4, -0.2) is 26.9 Å². The van der Waals surface area contributed by atoms with Gasteiger partial charge in [0.05, 0.1) is 0 Å². The molecule has 102 valence electrons. The van der Waals surface area contributed by atoms with E-state index in [0.717, 1.165) is 0 Å². The zero-order chi connectivity index (χ0) is 14.1. The number of hydrogen-bond donors (Lipinski definition) is 0. The maximum Gasteiger partial charge on any atom is 0.526 e. The lowest BCUT2D eigenvalue weighted by molar-refractivity contribution is -0.453. The minimum atomic E-state index is -6.57. The predicted molar refractivity (Wildman–Crippen MR) is 32.8 cm³/mol. The minimum absolute atomic E-state index is 0.596. The lowest BCUT2D eigenvalue weighted by Crippen LogP contribution is -2.50. The summed E-state index contributed by atoms with van der Waals surface area (Å²) < 4.78 is 106. The molecule has 14 heteroatoms. The lowest BCUT2D eigenvalue weighted by Gasteiger charge is -2.24. The summed E-state index contributed by atoms with van der Waals surface area (Å²) in [4.78, 5) is 9.51. The van der Waals surface area contributed by atoms with Crippen LogP contribution in [0.25, 0.3) is 0 Å². The molecule has 0 aromatic carbocycles. The molecule has 0 aliphatic heterocycles. The molecule has 0 spiro atoms. The minimum Gasteiger partial charge on any atom is -0.224 e. The first-order valence-electron chi connectivity index (χ1n) is 3.06. The molecule has 0 radical (unpaired) electrons. The van der Waals surface area contributed by atoms with E-state index in [1.807, 2.05) is 8.92 Å². The van der Waals surface area contributed by atoms with Gasteiger partial charge in [0.1, 0.15) is 0 Å². The summed E-state index contributed by atoms with van der Waals surface area (Å²) in [6.45, 7) is 0. The molecule has 0 aliphatic carbocycles. The van der Waals surface area contributed by atoms with E-state index in [9.17, 15) is 43.6 Å². The van der Waals surface area contributed by atoms with E-state index in [4.69, 9.17) is 0 Å². The molecule has 0 saturated heterocycles. The summed E-state index contributed by atoms with van der Waals surface area (Å²) in [7, 11) is -6.57. The molecule has 0 aromatic rings. The molecule has 6 nitrogen and oxygen atoms in total. The van der Waals surface area contributed by atoms with Crippen LogP contribution in [0.2, 0.25) is 0 Å². The van der Waals surface area contributed by atoms with Crippen molar-refractivity contribution in [2.75, 3.05) is 0 Å². The van der Waals surface area contributed by atoms with Gasteiger partial charge in [0, 0.05) is 5.18 Å². The molecule has 0 aromatic heterocycles. The van der Waals surface area contributed by atoms with Crippen LogP contribution in [0.15, 0.2) is 5.18 Å². The number of halogens is 7. The molecule has 0 bridgehead atoms. The Kier molecular flexibility index (Phi) is 4.08. The van der Waals surface area contributed by atoms with Gasteiger partial charge in [0.2, 0.25) is 0 Å². The highest BCUT2D eigenvalue weighted by molar-refractivity contribution is 7.81. The van der Waals surface area contributed by atoms with Crippen LogP contribution in [0.1, 0.15) is 0 Å². The van der Waals surface area contributed by atoms with Crippen LogP contribution < -0.4 is 0 Å². The second-order valence-electron chi connectivity index (χ2n) is 2.19. The van der Waals surface area contributed by atoms with Gasteiger partial charge >= 0.3 is 29.0 Å². The summed E-state index contributed by atoms with van der Waals surface area (Å²) >= 11 is 0. The normalized spacial score (nSPS) is 17.6. The van der Waals surface area contributed by atoms with E-state index in [-0.39, 0.29) is 0 Å². The van der Waals surface area contributed by atoms with Gasteiger partial charge in [-0.05, 0) is 0 Å².